The highest BCUT2D eigenvalue weighted by Gasteiger charge is 2.14. The molecular formula is C18H13IN2O3. The van der Waals surface area contributed by atoms with Crippen molar-refractivity contribution in [2.75, 3.05) is 18.5 Å². The summed E-state index contributed by atoms with van der Waals surface area (Å²) >= 11 is 2.16. The summed E-state index contributed by atoms with van der Waals surface area (Å²) in [7, 11) is 0. The van der Waals surface area contributed by atoms with E-state index in [-0.39, 0.29) is 5.57 Å². The Kier molecular flexibility index (Phi) is 5.01. The molecule has 2 aromatic rings. The van der Waals surface area contributed by atoms with Crippen LogP contribution in [0.5, 0.6) is 11.5 Å². The summed E-state index contributed by atoms with van der Waals surface area (Å²) in [5.41, 5.74) is 1.41. The van der Waals surface area contributed by atoms with Gasteiger partial charge in [0, 0.05) is 15.3 Å². The molecule has 0 atom stereocenters. The van der Waals surface area contributed by atoms with Gasteiger partial charge in [-0.05, 0) is 52.4 Å². The molecule has 0 aliphatic carbocycles. The Balaban J connectivity index is 1.80. The van der Waals surface area contributed by atoms with E-state index in [1.165, 1.54) is 0 Å². The maximum Gasteiger partial charge on any atom is 0.266 e. The van der Waals surface area contributed by atoms with Gasteiger partial charge >= 0.3 is 0 Å². The molecule has 0 saturated carbocycles. The van der Waals surface area contributed by atoms with Crippen LogP contribution in [0.4, 0.5) is 5.69 Å². The number of carbonyl (C=O) groups excluding carboxylic acids is 1. The number of hydrogen-bond acceptors (Lipinski definition) is 4. The minimum atomic E-state index is -0.464. The van der Waals surface area contributed by atoms with E-state index in [1.54, 1.807) is 24.3 Å². The van der Waals surface area contributed by atoms with Crippen molar-refractivity contribution in [2.24, 2.45) is 0 Å². The Morgan fingerprint density at radius 3 is 2.67 bits per heavy atom. The van der Waals surface area contributed by atoms with Crippen molar-refractivity contribution >= 4 is 40.3 Å². The second-order valence-corrected chi connectivity index (χ2v) is 6.17. The van der Waals surface area contributed by atoms with Crippen molar-refractivity contribution in [1.82, 2.24) is 0 Å². The molecule has 1 heterocycles. The van der Waals surface area contributed by atoms with Gasteiger partial charge in [-0.3, -0.25) is 4.79 Å². The third-order valence-corrected chi connectivity index (χ3v) is 4.35. The molecule has 2 aromatic carbocycles. The summed E-state index contributed by atoms with van der Waals surface area (Å²) in [6, 6.07) is 14.6. The van der Waals surface area contributed by atoms with Crippen LogP contribution < -0.4 is 14.8 Å². The van der Waals surface area contributed by atoms with Crippen LogP contribution in [-0.4, -0.2) is 19.1 Å². The van der Waals surface area contributed by atoms with Crippen molar-refractivity contribution in [3.8, 4) is 17.6 Å². The van der Waals surface area contributed by atoms with Crippen molar-refractivity contribution in [2.45, 2.75) is 0 Å². The number of benzene rings is 2. The van der Waals surface area contributed by atoms with Gasteiger partial charge in [-0.15, -0.1) is 0 Å². The first kappa shape index (κ1) is 16.3. The Hall–Kier alpha value is -2.53. The Labute approximate surface area is 153 Å². The average Bonchev–Trinajstić information content (AvgIpc) is 2.61. The predicted molar refractivity (Wildman–Crippen MR) is 98.8 cm³/mol. The van der Waals surface area contributed by atoms with E-state index in [4.69, 9.17) is 9.47 Å². The molecule has 0 spiro atoms. The molecular weight excluding hydrogens is 419 g/mol. The van der Waals surface area contributed by atoms with Gasteiger partial charge < -0.3 is 14.8 Å². The molecule has 6 heteroatoms. The molecule has 0 bridgehead atoms. The van der Waals surface area contributed by atoms with Crippen LogP contribution in [0, 0.1) is 14.9 Å². The summed E-state index contributed by atoms with van der Waals surface area (Å²) in [5.74, 6) is 0.766. The van der Waals surface area contributed by atoms with Crippen molar-refractivity contribution in [1.29, 1.82) is 5.26 Å². The van der Waals surface area contributed by atoms with E-state index in [1.807, 2.05) is 30.3 Å². The monoisotopic (exact) mass is 432 g/mol. The lowest BCUT2D eigenvalue weighted by molar-refractivity contribution is -0.112. The van der Waals surface area contributed by atoms with Crippen LogP contribution in [0.1, 0.15) is 5.56 Å². The maximum atomic E-state index is 12.4. The van der Waals surface area contributed by atoms with Crippen LogP contribution in [0.25, 0.3) is 6.08 Å². The van der Waals surface area contributed by atoms with Crippen LogP contribution in [0.15, 0.2) is 48.0 Å². The second kappa shape index (κ2) is 7.36. The topological polar surface area (TPSA) is 71.4 Å². The van der Waals surface area contributed by atoms with E-state index in [0.717, 1.165) is 9.13 Å². The molecule has 0 saturated heterocycles. The minimum Gasteiger partial charge on any atom is -0.486 e. The molecule has 0 radical (unpaired) electrons. The van der Waals surface area contributed by atoms with E-state index in [0.29, 0.717) is 30.4 Å². The number of nitrogens with zero attached hydrogens (tertiary/aromatic N) is 1. The van der Waals surface area contributed by atoms with Gasteiger partial charge in [-0.25, -0.2) is 0 Å². The SMILES string of the molecule is N#C/C(=C\c1ccccc1I)C(=O)Nc1ccc2c(c1)OCCO2. The lowest BCUT2D eigenvalue weighted by atomic mass is 10.1. The zero-order valence-electron chi connectivity index (χ0n) is 12.6. The van der Waals surface area contributed by atoms with E-state index < -0.39 is 5.91 Å². The van der Waals surface area contributed by atoms with Crippen molar-refractivity contribution in [3.63, 3.8) is 0 Å². The zero-order chi connectivity index (χ0) is 16.9. The van der Waals surface area contributed by atoms with Crippen LogP contribution in [-0.2, 0) is 4.79 Å². The third-order valence-electron chi connectivity index (χ3n) is 3.37. The number of rotatable bonds is 3. The fraction of sp³-hybridized carbons (Fsp3) is 0.111. The quantitative estimate of drug-likeness (QED) is 0.457. The fourth-order valence-corrected chi connectivity index (χ4v) is 2.76. The summed E-state index contributed by atoms with van der Waals surface area (Å²) in [5, 5.41) is 12.0. The highest BCUT2D eigenvalue weighted by atomic mass is 127. The molecule has 120 valence electrons. The first-order chi connectivity index (χ1) is 11.7. The molecule has 1 aliphatic heterocycles. The Bertz CT molecular complexity index is 856. The largest absolute Gasteiger partial charge is 0.486 e. The maximum absolute atomic E-state index is 12.4. The molecule has 0 unspecified atom stereocenters. The van der Waals surface area contributed by atoms with Crippen molar-refractivity contribution < 1.29 is 14.3 Å². The summed E-state index contributed by atoms with van der Waals surface area (Å²) in [6.45, 7) is 0.982. The smallest absolute Gasteiger partial charge is 0.266 e. The van der Waals surface area contributed by atoms with Gasteiger partial charge in [0.15, 0.2) is 11.5 Å². The number of anilines is 1. The van der Waals surface area contributed by atoms with Gasteiger partial charge in [0.05, 0.1) is 0 Å². The fourth-order valence-electron chi connectivity index (χ4n) is 2.22. The summed E-state index contributed by atoms with van der Waals surface area (Å²) in [4.78, 5) is 12.4. The molecule has 0 aromatic heterocycles. The van der Waals surface area contributed by atoms with Crippen LogP contribution in [0.3, 0.4) is 0 Å². The highest BCUT2D eigenvalue weighted by molar-refractivity contribution is 14.1. The van der Waals surface area contributed by atoms with Crippen LogP contribution >= 0.6 is 22.6 Å². The predicted octanol–water partition coefficient (Wildman–Crippen LogP) is 3.61. The van der Waals surface area contributed by atoms with Gasteiger partial charge in [0.25, 0.3) is 5.91 Å². The van der Waals surface area contributed by atoms with Gasteiger partial charge in [-0.1, -0.05) is 18.2 Å². The minimum absolute atomic E-state index is 0.0361. The normalized spacial score (nSPS) is 13.1. The van der Waals surface area contributed by atoms with Gasteiger partial charge in [0.2, 0.25) is 0 Å². The molecule has 24 heavy (non-hydrogen) atoms. The number of ether oxygens (including phenoxy) is 2. The van der Waals surface area contributed by atoms with Crippen LogP contribution in [0.2, 0.25) is 0 Å². The number of nitriles is 1. The third kappa shape index (κ3) is 3.68. The molecule has 0 fully saturated rings. The first-order valence-electron chi connectivity index (χ1n) is 7.25. The number of carbonyl (C=O) groups is 1. The van der Waals surface area contributed by atoms with Gasteiger partial charge in [-0.2, -0.15) is 5.26 Å². The number of fused-ring (bicyclic) bond motifs is 1. The molecule has 3 rings (SSSR count). The average molecular weight is 432 g/mol. The number of amides is 1. The molecule has 1 N–H and O–H groups in total. The second-order valence-electron chi connectivity index (χ2n) is 5.00. The Morgan fingerprint density at radius 1 is 1.17 bits per heavy atom. The molecule has 1 amide bonds. The molecule has 5 nitrogen and oxygen atoms in total. The first-order valence-corrected chi connectivity index (χ1v) is 8.32. The standard InChI is InChI=1S/C18H13IN2O3/c19-15-4-2-1-3-12(15)9-13(11-20)18(22)21-14-5-6-16-17(10-14)24-8-7-23-16/h1-6,9-10H,7-8H2,(H,21,22)/b13-9+. The van der Waals surface area contributed by atoms with Crippen molar-refractivity contribution in [3.05, 3.63) is 57.2 Å². The zero-order valence-corrected chi connectivity index (χ0v) is 14.7. The van der Waals surface area contributed by atoms with E-state index in [9.17, 15) is 10.1 Å². The number of nitrogens with one attached hydrogen (secondary N) is 1. The lowest BCUT2D eigenvalue weighted by Gasteiger charge is -2.18. The highest BCUT2D eigenvalue weighted by Crippen LogP contribution is 2.32. The summed E-state index contributed by atoms with van der Waals surface area (Å²) < 4.78 is 11.9. The summed E-state index contributed by atoms with van der Waals surface area (Å²) in [6.07, 6.45) is 1.58. The van der Waals surface area contributed by atoms with E-state index >= 15 is 0 Å². The lowest BCUT2D eigenvalue weighted by Crippen LogP contribution is -2.17. The Morgan fingerprint density at radius 2 is 1.92 bits per heavy atom. The van der Waals surface area contributed by atoms with Gasteiger partial charge in [0.1, 0.15) is 24.9 Å². The van der Waals surface area contributed by atoms with E-state index in [2.05, 4.69) is 27.9 Å². The molecule has 1 aliphatic rings. The number of halogens is 1. The number of hydrogen-bond donors (Lipinski definition) is 1.